The highest BCUT2D eigenvalue weighted by Crippen LogP contribution is 2.22. The van der Waals surface area contributed by atoms with Gasteiger partial charge in [0.2, 0.25) is 17.8 Å². The minimum atomic E-state index is -1.01. The molecule has 10 heteroatoms. The fourth-order valence-electron chi connectivity index (χ4n) is 3.83. The van der Waals surface area contributed by atoms with Crippen molar-refractivity contribution in [2.45, 2.75) is 38.5 Å². The summed E-state index contributed by atoms with van der Waals surface area (Å²) < 4.78 is 5.14. The molecule has 2 saturated heterocycles. The van der Waals surface area contributed by atoms with Crippen LogP contribution in [0.25, 0.3) is 0 Å². The molecule has 0 aliphatic carbocycles. The average Bonchev–Trinajstić information content (AvgIpc) is 2.84. The summed E-state index contributed by atoms with van der Waals surface area (Å²) in [6.07, 6.45) is 8.75. The third-order valence-corrected chi connectivity index (χ3v) is 5.51. The highest BCUT2D eigenvalue weighted by atomic mass is 16.5. The molecule has 32 heavy (non-hydrogen) atoms. The third kappa shape index (κ3) is 6.05. The van der Waals surface area contributed by atoms with E-state index in [-0.39, 0.29) is 6.61 Å². The topological polar surface area (TPSA) is 116 Å². The van der Waals surface area contributed by atoms with Crippen LogP contribution in [0.3, 0.4) is 0 Å². The number of ether oxygens (including phenoxy) is 1. The number of nitrogens with zero attached hydrogens (tertiary/aromatic N) is 6. The van der Waals surface area contributed by atoms with Crippen LogP contribution >= 0.6 is 0 Å². The lowest BCUT2D eigenvalue weighted by molar-refractivity contribution is -0.139. The zero-order valence-electron chi connectivity index (χ0n) is 18.1. The van der Waals surface area contributed by atoms with Crippen molar-refractivity contribution in [1.29, 1.82) is 0 Å². The van der Waals surface area contributed by atoms with Crippen molar-refractivity contribution in [2.24, 2.45) is 5.10 Å². The Morgan fingerprint density at radius 1 is 0.938 bits per heavy atom. The maximum atomic E-state index is 10.6. The first-order valence-electron chi connectivity index (χ1n) is 11.2. The lowest BCUT2D eigenvalue weighted by Crippen LogP contribution is -2.34. The molecule has 170 valence electrons. The number of aromatic nitrogens is 3. The third-order valence-electron chi connectivity index (χ3n) is 5.51. The van der Waals surface area contributed by atoms with E-state index in [4.69, 9.17) is 14.8 Å². The van der Waals surface area contributed by atoms with E-state index >= 15 is 0 Å². The van der Waals surface area contributed by atoms with Crippen LogP contribution in [-0.2, 0) is 4.79 Å². The summed E-state index contributed by atoms with van der Waals surface area (Å²) in [5.74, 6) is 1.33. The van der Waals surface area contributed by atoms with Crippen LogP contribution in [0.4, 0.5) is 17.8 Å². The number of benzene rings is 1. The molecule has 2 aromatic rings. The monoisotopic (exact) mass is 439 g/mol. The fourth-order valence-corrected chi connectivity index (χ4v) is 3.83. The van der Waals surface area contributed by atoms with E-state index in [1.807, 2.05) is 0 Å². The Hall–Kier alpha value is -3.43. The van der Waals surface area contributed by atoms with Crippen LogP contribution < -0.4 is 20.0 Å². The molecule has 0 saturated carbocycles. The van der Waals surface area contributed by atoms with Crippen LogP contribution in [0.15, 0.2) is 29.4 Å². The minimum Gasteiger partial charge on any atom is -0.482 e. The normalized spacial score (nSPS) is 16.9. The van der Waals surface area contributed by atoms with Gasteiger partial charge in [0.25, 0.3) is 0 Å². The van der Waals surface area contributed by atoms with E-state index in [2.05, 4.69) is 30.3 Å². The minimum absolute atomic E-state index is 0.368. The second-order valence-corrected chi connectivity index (χ2v) is 7.98. The van der Waals surface area contributed by atoms with E-state index in [9.17, 15) is 4.79 Å². The van der Waals surface area contributed by atoms with Crippen LogP contribution in [0.5, 0.6) is 5.75 Å². The van der Waals surface area contributed by atoms with Gasteiger partial charge in [0.15, 0.2) is 6.61 Å². The van der Waals surface area contributed by atoms with Crippen molar-refractivity contribution in [3.63, 3.8) is 0 Å². The number of carboxylic acids is 1. The smallest absolute Gasteiger partial charge is 0.341 e. The number of hydrogen-bond donors (Lipinski definition) is 2. The number of carboxylic acid groups (broad SMARTS) is 1. The van der Waals surface area contributed by atoms with E-state index in [1.165, 1.54) is 12.8 Å². The first-order valence-corrected chi connectivity index (χ1v) is 11.2. The van der Waals surface area contributed by atoms with Gasteiger partial charge >= 0.3 is 5.97 Å². The van der Waals surface area contributed by atoms with E-state index in [1.54, 1.807) is 30.5 Å². The van der Waals surface area contributed by atoms with Crippen LogP contribution in [0, 0.1) is 0 Å². The number of hydrazone groups is 1. The number of hydrogen-bond acceptors (Lipinski definition) is 9. The summed E-state index contributed by atoms with van der Waals surface area (Å²) in [6.45, 7) is 3.48. The number of anilines is 3. The Kier molecular flexibility index (Phi) is 7.31. The maximum absolute atomic E-state index is 10.6. The molecule has 0 spiro atoms. The maximum Gasteiger partial charge on any atom is 0.341 e. The van der Waals surface area contributed by atoms with Crippen LogP contribution in [-0.4, -0.2) is 65.0 Å². The van der Waals surface area contributed by atoms with Gasteiger partial charge in [-0.1, -0.05) is 0 Å². The summed E-state index contributed by atoms with van der Waals surface area (Å²) in [4.78, 5) is 29.0. The molecule has 0 atom stereocenters. The van der Waals surface area contributed by atoms with Crippen molar-refractivity contribution in [3.05, 3.63) is 29.8 Å². The number of rotatable bonds is 8. The SMILES string of the molecule is O=C(O)COc1ccc(/C=N\Nc2nc(N3CCCCC3)nc(N3CCCCC3)n2)cc1. The van der Waals surface area contributed by atoms with Gasteiger partial charge in [-0.25, -0.2) is 10.2 Å². The highest BCUT2D eigenvalue weighted by Gasteiger charge is 2.20. The Bertz CT molecular complexity index is 887. The predicted octanol–water partition coefficient (Wildman–Crippen LogP) is 2.76. The van der Waals surface area contributed by atoms with Gasteiger partial charge < -0.3 is 19.6 Å². The first-order chi connectivity index (χ1) is 15.7. The molecular weight excluding hydrogens is 410 g/mol. The van der Waals surface area contributed by atoms with Crippen molar-refractivity contribution >= 4 is 30.0 Å². The molecular formula is C22H29N7O3. The van der Waals surface area contributed by atoms with Gasteiger partial charge in [0, 0.05) is 26.2 Å². The van der Waals surface area contributed by atoms with E-state index in [0.29, 0.717) is 23.6 Å². The molecule has 0 amide bonds. The summed E-state index contributed by atoms with van der Waals surface area (Å²) in [5, 5.41) is 13.0. The van der Waals surface area contributed by atoms with Crippen LogP contribution in [0.1, 0.15) is 44.1 Å². The standard InChI is InChI=1S/C22H29N7O3/c30-19(31)16-32-18-9-7-17(8-10-18)15-23-27-20-24-21(28-11-3-1-4-12-28)26-22(25-20)29-13-5-2-6-14-29/h7-10,15H,1-6,11-14,16H2,(H,30,31)(H,24,25,26,27)/b23-15-. The summed E-state index contributed by atoms with van der Waals surface area (Å²) in [5.41, 5.74) is 3.79. The molecule has 0 bridgehead atoms. The molecule has 0 unspecified atom stereocenters. The molecule has 3 heterocycles. The van der Waals surface area contributed by atoms with Gasteiger partial charge in [-0.3, -0.25) is 0 Å². The van der Waals surface area contributed by atoms with Gasteiger partial charge in [0.1, 0.15) is 5.75 Å². The van der Waals surface area contributed by atoms with Crippen molar-refractivity contribution in [1.82, 2.24) is 15.0 Å². The molecule has 0 radical (unpaired) electrons. The lowest BCUT2D eigenvalue weighted by Gasteiger charge is -2.30. The quantitative estimate of drug-likeness (QED) is 0.473. The second-order valence-electron chi connectivity index (χ2n) is 7.98. The Morgan fingerprint density at radius 2 is 1.50 bits per heavy atom. The predicted molar refractivity (Wildman–Crippen MR) is 123 cm³/mol. The molecule has 2 aliphatic heterocycles. The lowest BCUT2D eigenvalue weighted by atomic mass is 10.1. The first kappa shape index (κ1) is 21.8. The van der Waals surface area contributed by atoms with Crippen molar-refractivity contribution in [2.75, 3.05) is 48.0 Å². The second kappa shape index (κ2) is 10.7. The fraction of sp³-hybridized carbons (Fsp3) is 0.500. The van der Waals surface area contributed by atoms with Gasteiger partial charge in [-0.05, 0) is 68.4 Å². The van der Waals surface area contributed by atoms with E-state index < -0.39 is 5.97 Å². The van der Waals surface area contributed by atoms with Crippen molar-refractivity contribution < 1.29 is 14.6 Å². The van der Waals surface area contributed by atoms with Gasteiger partial charge in [-0.15, -0.1) is 0 Å². The number of nitrogens with one attached hydrogen (secondary N) is 1. The summed E-state index contributed by atoms with van der Waals surface area (Å²) in [7, 11) is 0. The van der Waals surface area contributed by atoms with Gasteiger partial charge in [0.05, 0.1) is 6.21 Å². The Labute approximate surface area is 187 Å². The number of piperidine rings is 2. The van der Waals surface area contributed by atoms with Gasteiger partial charge in [-0.2, -0.15) is 20.1 Å². The Morgan fingerprint density at radius 3 is 2.03 bits per heavy atom. The average molecular weight is 440 g/mol. The molecule has 2 N–H and O–H groups in total. The van der Waals surface area contributed by atoms with Crippen molar-refractivity contribution in [3.8, 4) is 5.75 Å². The molecule has 1 aromatic carbocycles. The highest BCUT2D eigenvalue weighted by molar-refractivity contribution is 5.80. The number of carbonyl (C=O) groups is 1. The number of aliphatic carboxylic acids is 1. The summed E-state index contributed by atoms with van der Waals surface area (Å²) >= 11 is 0. The molecule has 1 aromatic heterocycles. The summed E-state index contributed by atoms with van der Waals surface area (Å²) in [6, 6.07) is 7.01. The molecule has 4 rings (SSSR count). The zero-order valence-corrected chi connectivity index (χ0v) is 18.1. The molecule has 2 aliphatic rings. The van der Waals surface area contributed by atoms with Crippen LogP contribution in [0.2, 0.25) is 0 Å². The zero-order chi connectivity index (χ0) is 22.2. The molecule has 10 nitrogen and oxygen atoms in total. The van der Waals surface area contributed by atoms with E-state index in [0.717, 1.165) is 57.4 Å². The largest absolute Gasteiger partial charge is 0.482 e. The Balaban J connectivity index is 1.46. The molecule has 2 fully saturated rings.